The third-order valence-electron chi connectivity index (χ3n) is 5.88. The quantitative estimate of drug-likeness (QED) is 0.182. The van der Waals surface area contributed by atoms with Gasteiger partial charge in [0.2, 0.25) is 25.9 Å². The third kappa shape index (κ3) is 5.34. The Morgan fingerprint density at radius 1 is 1.20 bits per heavy atom. The Bertz CT molecular complexity index is 1350. The summed E-state index contributed by atoms with van der Waals surface area (Å²) in [5.41, 5.74) is 12.6. The Labute approximate surface area is 202 Å². The number of primary sulfonamides is 1. The second-order valence-corrected chi connectivity index (χ2v) is 11.4. The van der Waals surface area contributed by atoms with Crippen molar-refractivity contribution in [1.82, 2.24) is 35.3 Å². The lowest BCUT2D eigenvalue weighted by Gasteiger charge is -2.34. The molecule has 1 saturated heterocycles. The van der Waals surface area contributed by atoms with Gasteiger partial charge in [-0.05, 0) is 30.2 Å². The van der Waals surface area contributed by atoms with Gasteiger partial charge in [0.15, 0.2) is 0 Å². The third-order valence-corrected chi connectivity index (χ3v) is 8.46. The van der Waals surface area contributed by atoms with Crippen molar-refractivity contribution >= 4 is 25.7 Å². The molecule has 4 rings (SSSR count). The molecule has 1 aromatic carbocycles. The number of sulfonamides is 2. The molecule has 9 N–H and O–H groups in total. The molecule has 3 aromatic rings. The predicted octanol–water partition coefficient (Wildman–Crippen LogP) is -1.81. The molecule has 0 radical (unpaired) electrons. The van der Waals surface area contributed by atoms with E-state index in [2.05, 4.69) is 35.3 Å². The Balaban J connectivity index is 1.79. The maximum atomic E-state index is 13.1. The van der Waals surface area contributed by atoms with Gasteiger partial charge in [-0.3, -0.25) is 0 Å². The Morgan fingerprint density at radius 2 is 1.94 bits per heavy atom. The summed E-state index contributed by atoms with van der Waals surface area (Å²) in [5.74, 6) is 0.158. The van der Waals surface area contributed by atoms with E-state index in [0.29, 0.717) is 18.8 Å². The van der Waals surface area contributed by atoms with E-state index in [1.807, 2.05) is 4.90 Å². The topological polar surface area (TPSA) is 245 Å². The van der Waals surface area contributed by atoms with Crippen molar-refractivity contribution in [3.05, 3.63) is 30.4 Å². The molecule has 1 unspecified atom stereocenters. The molecule has 15 nitrogen and oxygen atoms in total. The summed E-state index contributed by atoms with van der Waals surface area (Å²) >= 11 is 0. The van der Waals surface area contributed by atoms with Gasteiger partial charge in [-0.25, -0.2) is 31.7 Å². The van der Waals surface area contributed by atoms with Crippen molar-refractivity contribution in [3.63, 3.8) is 0 Å². The van der Waals surface area contributed by atoms with E-state index in [4.69, 9.17) is 16.6 Å². The summed E-state index contributed by atoms with van der Waals surface area (Å²) in [5, 5.41) is 19.2. The molecule has 3 heterocycles. The molecular weight excluding hydrogens is 498 g/mol. The molecule has 0 saturated carbocycles. The molecule has 1 atom stereocenters. The summed E-state index contributed by atoms with van der Waals surface area (Å²) in [6, 6.07) is 2.07. The Morgan fingerprint density at radius 3 is 2.51 bits per heavy atom. The number of H-pyrrole nitrogens is 2. The molecule has 17 heteroatoms. The number of anilines is 1. The lowest BCUT2D eigenvalue weighted by atomic mass is 9.93. The molecule has 35 heavy (non-hydrogen) atoms. The van der Waals surface area contributed by atoms with Gasteiger partial charge in [-0.15, -0.1) is 10.2 Å². The molecule has 0 bridgehead atoms. The van der Waals surface area contributed by atoms with Crippen LogP contribution in [0.4, 0.5) is 5.69 Å². The summed E-state index contributed by atoms with van der Waals surface area (Å²) < 4.78 is 54.0. The number of tetrazole rings is 1. The lowest BCUT2D eigenvalue weighted by molar-refractivity contribution is 0.497. The van der Waals surface area contributed by atoms with E-state index in [9.17, 15) is 16.8 Å². The molecule has 2 aromatic heterocycles. The number of nitrogens with zero attached hydrogens (tertiary/aromatic N) is 5. The number of hydrogen-bond donors (Lipinski definition) is 6. The highest BCUT2D eigenvalue weighted by molar-refractivity contribution is 7.92. The number of nitrogens with one attached hydrogen (secondary N) is 3. The van der Waals surface area contributed by atoms with Crippen LogP contribution in [-0.4, -0.2) is 79.6 Å². The molecule has 0 amide bonds. The van der Waals surface area contributed by atoms with E-state index in [0.717, 1.165) is 18.5 Å². The first-order valence-electron chi connectivity index (χ1n) is 10.7. The SMILES string of the molecule is NCC(N)CNS(=O)(=O)c1ccc(N2CCC(c3cnc[nH]3)CC2)c(-c2nn[nH]n2)c1S(N)(=O)=O. The predicted molar refractivity (Wildman–Crippen MR) is 126 cm³/mol. The molecule has 0 spiro atoms. The van der Waals surface area contributed by atoms with Crippen LogP contribution in [0.2, 0.25) is 0 Å². The maximum Gasteiger partial charge on any atom is 0.242 e. The zero-order chi connectivity index (χ0) is 25.2. The van der Waals surface area contributed by atoms with Crippen LogP contribution in [0.5, 0.6) is 0 Å². The molecule has 1 aliphatic heterocycles. The van der Waals surface area contributed by atoms with Gasteiger partial charge >= 0.3 is 0 Å². The largest absolute Gasteiger partial charge is 0.371 e. The first kappa shape index (κ1) is 25.1. The fourth-order valence-electron chi connectivity index (χ4n) is 4.09. The van der Waals surface area contributed by atoms with Gasteiger partial charge in [0, 0.05) is 55.7 Å². The summed E-state index contributed by atoms with van der Waals surface area (Å²) in [6.07, 6.45) is 4.93. The van der Waals surface area contributed by atoms with E-state index in [1.165, 1.54) is 12.1 Å². The number of rotatable bonds is 9. The summed E-state index contributed by atoms with van der Waals surface area (Å²) in [6.45, 7) is 0.970. The minimum absolute atomic E-state index is 0.0338. The van der Waals surface area contributed by atoms with Crippen LogP contribution < -0.4 is 26.2 Å². The Hall–Kier alpha value is -2.96. The van der Waals surface area contributed by atoms with Crippen LogP contribution >= 0.6 is 0 Å². The Kier molecular flexibility index (Phi) is 7.15. The van der Waals surface area contributed by atoms with E-state index in [-0.39, 0.29) is 30.4 Å². The number of piperidine rings is 1. The highest BCUT2D eigenvalue weighted by atomic mass is 32.2. The number of benzene rings is 1. The minimum atomic E-state index is -4.56. The summed E-state index contributed by atoms with van der Waals surface area (Å²) in [4.78, 5) is 7.97. The number of nitrogens with two attached hydrogens (primary N) is 3. The average molecular weight is 526 g/mol. The van der Waals surface area contributed by atoms with Crippen LogP contribution in [0.1, 0.15) is 24.5 Å². The van der Waals surface area contributed by atoms with Gasteiger partial charge in [-0.1, -0.05) is 0 Å². The van der Waals surface area contributed by atoms with Crippen LogP contribution in [0.3, 0.4) is 0 Å². The first-order valence-corrected chi connectivity index (χ1v) is 13.8. The van der Waals surface area contributed by atoms with Crippen molar-refractivity contribution < 1.29 is 16.8 Å². The normalized spacial score (nSPS) is 16.5. The van der Waals surface area contributed by atoms with E-state index < -0.39 is 35.9 Å². The van der Waals surface area contributed by atoms with Gasteiger partial charge in [0.1, 0.15) is 9.79 Å². The van der Waals surface area contributed by atoms with Crippen LogP contribution in [-0.2, 0) is 20.0 Å². The van der Waals surface area contributed by atoms with Gasteiger partial charge in [0.05, 0.1) is 11.9 Å². The highest BCUT2D eigenvalue weighted by Gasteiger charge is 2.34. The smallest absolute Gasteiger partial charge is 0.242 e. The number of imidazole rings is 1. The highest BCUT2D eigenvalue weighted by Crippen LogP contribution is 2.40. The lowest BCUT2D eigenvalue weighted by Crippen LogP contribution is -2.42. The molecule has 0 aliphatic carbocycles. The number of aromatic amines is 2. The second-order valence-electron chi connectivity index (χ2n) is 8.18. The van der Waals surface area contributed by atoms with Crippen LogP contribution in [0, 0.1) is 0 Å². The van der Waals surface area contributed by atoms with E-state index in [1.54, 1.807) is 12.5 Å². The van der Waals surface area contributed by atoms with E-state index >= 15 is 0 Å². The van der Waals surface area contributed by atoms with Crippen molar-refractivity contribution in [3.8, 4) is 11.4 Å². The van der Waals surface area contributed by atoms with Gasteiger partial charge < -0.3 is 21.4 Å². The van der Waals surface area contributed by atoms with Crippen molar-refractivity contribution in [2.24, 2.45) is 16.6 Å². The maximum absolute atomic E-state index is 13.1. The second kappa shape index (κ2) is 9.96. The summed E-state index contributed by atoms with van der Waals surface area (Å²) in [7, 11) is -8.90. The zero-order valence-electron chi connectivity index (χ0n) is 18.6. The monoisotopic (exact) mass is 525 g/mol. The first-order chi connectivity index (χ1) is 16.6. The van der Waals surface area contributed by atoms with Gasteiger partial charge in [0.25, 0.3) is 0 Å². The minimum Gasteiger partial charge on any atom is -0.371 e. The van der Waals surface area contributed by atoms with Crippen molar-refractivity contribution in [1.29, 1.82) is 0 Å². The fraction of sp³-hybridized carbons (Fsp3) is 0.444. The number of aromatic nitrogens is 6. The fourth-order valence-corrected chi connectivity index (χ4v) is 6.78. The molecule has 1 aliphatic rings. The standard InChI is InChI=1S/C18H27N11O4S2/c19-7-12(20)8-24-35(32,33)15-2-1-14(16(17(15)34(21,30)31)18-25-27-28-26-18)29-5-3-11(4-6-29)13-9-22-10-23-13/h1-2,9-12,24H,3-8,19-20H2,(H,22,23)(H2,21,30,31)(H,25,26,27,28). The van der Waals surface area contributed by atoms with Crippen molar-refractivity contribution in [2.75, 3.05) is 31.1 Å². The zero-order valence-corrected chi connectivity index (χ0v) is 20.3. The van der Waals surface area contributed by atoms with Gasteiger partial charge in [-0.2, -0.15) is 5.21 Å². The molecule has 190 valence electrons. The molecular formula is C18H27N11O4S2. The van der Waals surface area contributed by atoms with Crippen LogP contribution in [0.15, 0.2) is 34.4 Å². The van der Waals surface area contributed by atoms with Crippen LogP contribution in [0.25, 0.3) is 11.4 Å². The van der Waals surface area contributed by atoms with Crippen molar-refractivity contribution in [2.45, 2.75) is 34.6 Å². The molecule has 1 fully saturated rings. The average Bonchev–Trinajstić information content (AvgIpc) is 3.56. The number of hydrogen-bond acceptors (Lipinski definition) is 11.